The first-order valence-electron chi connectivity index (χ1n) is 8.21. The smallest absolute Gasteiger partial charge is 0.261 e. The molecule has 1 atom stereocenters. The zero-order valence-electron chi connectivity index (χ0n) is 14.8. The van der Waals surface area contributed by atoms with Crippen molar-refractivity contribution in [3.63, 3.8) is 0 Å². The van der Waals surface area contributed by atoms with Crippen molar-refractivity contribution in [3.05, 3.63) is 54.1 Å². The van der Waals surface area contributed by atoms with E-state index < -0.39 is 10.0 Å². The fourth-order valence-corrected chi connectivity index (χ4v) is 3.94. The summed E-state index contributed by atoms with van der Waals surface area (Å²) in [6, 6.07) is 12.6. The van der Waals surface area contributed by atoms with E-state index in [-0.39, 0.29) is 34.9 Å². The molecule has 3 N–H and O–H groups in total. The van der Waals surface area contributed by atoms with E-state index in [4.69, 9.17) is 10.5 Å². The molecule has 1 saturated heterocycles. The van der Waals surface area contributed by atoms with Gasteiger partial charge in [-0.3, -0.25) is 9.52 Å². The van der Waals surface area contributed by atoms with E-state index in [1.807, 2.05) is 0 Å². The molecular weight excluding hydrogens is 390 g/mol. The fourth-order valence-electron chi connectivity index (χ4n) is 2.86. The predicted molar refractivity (Wildman–Crippen MR) is 106 cm³/mol. The summed E-state index contributed by atoms with van der Waals surface area (Å²) in [5.41, 5.74) is 6.41. The summed E-state index contributed by atoms with van der Waals surface area (Å²) in [5, 5.41) is 0. The van der Waals surface area contributed by atoms with E-state index in [9.17, 15) is 13.2 Å². The van der Waals surface area contributed by atoms with Gasteiger partial charge in [0.05, 0.1) is 23.3 Å². The van der Waals surface area contributed by atoms with E-state index in [0.29, 0.717) is 24.4 Å². The van der Waals surface area contributed by atoms with Gasteiger partial charge in [0.1, 0.15) is 5.75 Å². The highest BCUT2D eigenvalue weighted by Gasteiger charge is 2.27. The molecule has 0 aromatic heterocycles. The van der Waals surface area contributed by atoms with E-state index in [1.54, 1.807) is 41.3 Å². The molecule has 0 spiro atoms. The highest BCUT2D eigenvalue weighted by atomic mass is 35.5. The molecule has 1 aliphatic heterocycles. The third-order valence-electron chi connectivity index (χ3n) is 4.28. The van der Waals surface area contributed by atoms with Gasteiger partial charge in [-0.25, -0.2) is 8.42 Å². The number of methoxy groups -OCH3 is 1. The molecule has 146 valence electrons. The number of likely N-dealkylation sites (tertiary alicyclic amines) is 1. The van der Waals surface area contributed by atoms with Crippen LogP contribution in [0.4, 0.5) is 5.69 Å². The summed E-state index contributed by atoms with van der Waals surface area (Å²) in [5.74, 6) is 0.330. The van der Waals surface area contributed by atoms with Crippen molar-refractivity contribution in [2.75, 3.05) is 24.9 Å². The molecule has 27 heavy (non-hydrogen) atoms. The quantitative estimate of drug-likeness (QED) is 0.784. The molecule has 2 aromatic rings. The van der Waals surface area contributed by atoms with Gasteiger partial charge in [-0.2, -0.15) is 0 Å². The lowest BCUT2D eigenvalue weighted by Crippen LogP contribution is -2.32. The van der Waals surface area contributed by atoms with Gasteiger partial charge in [0.25, 0.3) is 15.9 Å². The van der Waals surface area contributed by atoms with Crippen LogP contribution in [-0.2, 0) is 10.0 Å². The summed E-state index contributed by atoms with van der Waals surface area (Å²) in [6.45, 7) is 1.04. The number of nitrogens with one attached hydrogen (secondary N) is 1. The van der Waals surface area contributed by atoms with Gasteiger partial charge in [0, 0.05) is 19.1 Å². The SMILES string of the molecule is COc1ccc(S(=O)(=O)Nc2ccccc2C(=O)N2CC[C@@H](N)C2)cc1.Cl. The largest absolute Gasteiger partial charge is 0.497 e. The van der Waals surface area contributed by atoms with Crippen molar-refractivity contribution in [2.24, 2.45) is 5.73 Å². The average molecular weight is 412 g/mol. The van der Waals surface area contributed by atoms with Crippen LogP contribution >= 0.6 is 12.4 Å². The number of nitrogens with two attached hydrogens (primary N) is 1. The molecule has 1 amide bonds. The van der Waals surface area contributed by atoms with E-state index >= 15 is 0 Å². The Labute approximate surface area is 165 Å². The summed E-state index contributed by atoms with van der Waals surface area (Å²) in [7, 11) is -2.32. The lowest BCUT2D eigenvalue weighted by molar-refractivity contribution is 0.0792. The van der Waals surface area contributed by atoms with Crippen LogP contribution in [0.2, 0.25) is 0 Å². The number of carbonyl (C=O) groups is 1. The number of hydrogen-bond donors (Lipinski definition) is 2. The van der Waals surface area contributed by atoms with Crippen LogP contribution in [0.1, 0.15) is 16.8 Å². The maximum Gasteiger partial charge on any atom is 0.261 e. The molecule has 7 nitrogen and oxygen atoms in total. The Balaban J connectivity index is 0.00000261. The molecule has 0 bridgehead atoms. The Morgan fingerprint density at radius 1 is 1.19 bits per heavy atom. The van der Waals surface area contributed by atoms with Gasteiger partial charge in [0.15, 0.2) is 0 Å². The van der Waals surface area contributed by atoms with Gasteiger partial charge in [-0.05, 0) is 42.8 Å². The third-order valence-corrected chi connectivity index (χ3v) is 5.66. The van der Waals surface area contributed by atoms with Gasteiger partial charge in [-0.15, -0.1) is 12.4 Å². The Hall–Kier alpha value is -2.29. The van der Waals surface area contributed by atoms with Gasteiger partial charge in [-0.1, -0.05) is 12.1 Å². The van der Waals surface area contributed by atoms with Crippen LogP contribution in [0.15, 0.2) is 53.4 Å². The number of rotatable bonds is 5. The minimum absolute atomic E-state index is 0. The third kappa shape index (κ3) is 4.71. The average Bonchev–Trinajstić information content (AvgIpc) is 3.08. The molecule has 0 unspecified atom stereocenters. The minimum atomic E-state index is -3.83. The number of halogens is 1. The maximum absolute atomic E-state index is 12.7. The highest BCUT2D eigenvalue weighted by Crippen LogP contribution is 2.24. The van der Waals surface area contributed by atoms with Crippen molar-refractivity contribution < 1.29 is 17.9 Å². The zero-order valence-corrected chi connectivity index (χ0v) is 16.4. The molecule has 0 radical (unpaired) electrons. The van der Waals surface area contributed by atoms with Crippen LogP contribution < -0.4 is 15.2 Å². The predicted octanol–water partition coefficient (Wildman–Crippen LogP) is 2.09. The topological polar surface area (TPSA) is 102 Å². The maximum atomic E-state index is 12.7. The van der Waals surface area contributed by atoms with E-state index in [1.165, 1.54) is 19.2 Å². The Bertz CT molecular complexity index is 903. The highest BCUT2D eigenvalue weighted by molar-refractivity contribution is 7.92. The number of carbonyl (C=O) groups excluding carboxylic acids is 1. The summed E-state index contributed by atoms with van der Waals surface area (Å²) < 4.78 is 32.9. The first-order chi connectivity index (χ1) is 12.4. The number of nitrogens with zero attached hydrogens (tertiary/aromatic N) is 1. The second-order valence-electron chi connectivity index (χ2n) is 6.13. The number of ether oxygens (including phenoxy) is 1. The van der Waals surface area contributed by atoms with Crippen LogP contribution in [-0.4, -0.2) is 45.5 Å². The first kappa shape index (κ1) is 21.0. The molecule has 2 aromatic carbocycles. The van der Waals surface area contributed by atoms with Gasteiger partial charge < -0.3 is 15.4 Å². The molecular formula is C18H22ClN3O4S. The standard InChI is InChI=1S/C18H21N3O4S.ClH/c1-25-14-6-8-15(9-7-14)26(23,24)20-17-5-3-2-4-16(17)18(22)21-11-10-13(19)12-21;/h2-9,13,20H,10-12,19H2,1H3;1H/t13-;/m1./s1. The lowest BCUT2D eigenvalue weighted by Gasteiger charge is -2.18. The summed E-state index contributed by atoms with van der Waals surface area (Å²) in [4.78, 5) is 14.5. The second kappa shape index (κ2) is 8.60. The molecule has 1 fully saturated rings. The second-order valence-corrected chi connectivity index (χ2v) is 7.81. The van der Waals surface area contributed by atoms with Crippen molar-refractivity contribution in [2.45, 2.75) is 17.4 Å². The number of amides is 1. The molecule has 1 heterocycles. The van der Waals surface area contributed by atoms with Crippen LogP contribution in [0.3, 0.4) is 0 Å². The molecule has 1 aliphatic rings. The number of anilines is 1. The minimum Gasteiger partial charge on any atom is -0.497 e. The molecule has 0 aliphatic carbocycles. The molecule has 9 heteroatoms. The van der Waals surface area contributed by atoms with Crippen LogP contribution in [0, 0.1) is 0 Å². The van der Waals surface area contributed by atoms with Crippen molar-refractivity contribution in [1.82, 2.24) is 4.90 Å². The van der Waals surface area contributed by atoms with Crippen molar-refractivity contribution in [1.29, 1.82) is 0 Å². The summed E-state index contributed by atoms with van der Waals surface area (Å²) >= 11 is 0. The van der Waals surface area contributed by atoms with Gasteiger partial charge >= 0.3 is 0 Å². The molecule has 0 saturated carbocycles. The number of hydrogen-bond acceptors (Lipinski definition) is 5. The number of benzene rings is 2. The fraction of sp³-hybridized carbons (Fsp3) is 0.278. The Kier molecular flexibility index (Phi) is 6.69. The van der Waals surface area contributed by atoms with Crippen molar-refractivity contribution >= 4 is 34.0 Å². The monoisotopic (exact) mass is 411 g/mol. The van der Waals surface area contributed by atoms with E-state index in [0.717, 1.165) is 6.42 Å². The lowest BCUT2D eigenvalue weighted by atomic mass is 10.1. The number of para-hydroxylation sites is 1. The number of sulfonamides is 1. The Morgan fingerprint density at radius 2 is 1.85 bits per heavy atom. The van der Waals surface area contributed by atoms with E-state index in [2.05, 4.69) is 4.72 Å². The zero-order chi connectivity index (χ0) is 18.7. The van der Waals surface area contributed by atoms with Crippen LogP contribution in [0.5, 0.6) is 5.75 Å². The molecule has 3 rings (SSSR count). The normalized spacial score (nSPS) is 16.5. The first-order valence-corrected chi connectivity index (χ1v) is 9.70. The van der Waals surface area contributed by atoms with Crippen molar-refractivity contribution in [3.8, 4) is 5.75 Å². The van der Waals surface area contributed by atoms with Gasteiger partial charge in [0.2, 0.25) is 0 Å². The van der Waals surface area contributed by atoms with Crippen LogP contribution in [0.25, 0.3) is 0 Å². The Morgan fingerprint density at radius 3 is 2.44 bits per heavy atom. The summed E-state index contributed by atoms with van der Waals surface area (Å²) in [6.07, 6.45) is 0.742.